The average molecular weight is 591 g/mol. The number of rotatable bonds is 13. The van der Waals surface area contributed by atoms with E-state index in [0.29, 0.717) is 6.29 Å². The van der Waals surface area contributed by atoms with Crippen molar-refractivity contribution >= 4 is 6.29 Å². The second-order valence-electron chi connectivity index (χ2n) is 9.51. The van der Waals surface area contributed by atoms with Crippen LogP contribution in [0.3, 0.4) is 0 Å². The second kappa shape index (κ2) is 15.5. The van der Waals surface area contributed by atoms with Gasteiger partial charge in [0.15, 0.2) is 18.9 Å². The summed E-state index contributed by atoms with van der Waals surface area (Å²) in [4.78, 5) is 10.3. The molecule has 0 amide bonds. The van der Waals surface area contributed by atoms with Gasteiger partial charge >= 0.3 is 0 Å². The maximum absolute atomic E-state index is 10.3. The van der Waals surface area contributed by atoms with Crippen LogP contribution >= 0.6 is 0 Å². The van der Waals surface area contributed by atoms with Crippen LogP contribution in [-0.2, 0) is 38.0 Å². The Labute approximate surface area is 227 Å². The maximum Gasteiger partial charge on any atom is 0.186 e. The highest BCUT2D eigenvalue weighted by Gasteiger charge is 2.49. The Bertz CT molecular complexity index is 759. The molecule has 3 aliphatic heterocycles. The number of carbonyl (C=O) groups excluding carboxylic acids is 1. The van der Waals surface area contributed by atoms with Gasteiger partial charge in [-0.2, -0.15) is 0 Å². The molecule has 40 heavy (non-hydrogen) atoms. The van der Waals surface area contributed by atoms with Crippen molar-refractivity contribution in [1.29, 1.82) is 0 Å². The summed E-state index contributed by atoms with van der Waals surface area (Å²) in [6, 6.07) is 0. The molecule has 0 saturated carbocycles. The lowest BCUT2D eigenvalue weighted by Crippen LogP contribution is -2.62. The number of hydrogen-bond donors (Lipinski definition) is 10. The van der Waals surface area contributed by atoms with E-state index >= 15 is 0 Å². The molecule has 234 valence electrons. The van der Waals surface area contributed by atoms with Gasteiger partial charge in [-0.05, 0) is 0 Å². The van der Waals surface area contributed by atoms with Crippen LogP contribution in [0.15, 0.2) is 0 Å². The highest BCUT2D eigenvalue weighted by molar-refractivity contribution is 5.50. The minimum Gasteiger partial charge on any atom is -0.394 e. The number of ether oxygens (including phenoxy) is 7. The van der Waals surface area contributed by atoms with Crippen molar-refractivity contribution in [3.05, 3.63) is 0 Å². The smallest absolute Gasteiger partial charge is 0.186 e. The van der Waals surface area contributed by atoms with Crippen LogP contribution in [0.2, 0.25) is 0 Å². The minimum atomic E-state index is -1.81. The first-order chi connectivity index (χ1) is 19.0. The molecule has 0 spiro atoms. The Kier molecular flexibility index (Phi) is 12.9. The third-order valence-corrected chi connectivity index (χ3v) is 6.73. The number of aliphatic hydroxyl groups excluding tert-OH is 10. The zero-order valence-corrected chi connectivity index (χ0v) is 21.2. The first kappa shape index (κ1) is 33.5. The standard InChI is InChI=1S/C22H38O18/c23-1-2-34-3-4-35-20-17(31)15(29)12(26)9(39-20)6-37-22-19(33)16(30)13(27)10(40-22)7-36-21-18(32)14(28)11(25)8(5-24)38-21/h1,8-22,24-33H,2-7H2/t8-,9-,10-,11-,12-,13-,14+,15+,16+,17-,18-,19-,20-,21-,22-/m1/s1. The van der Waals surface area contributed by atoms with Crippen LogP contribution in [0.4, 0.5) is 0 Å². The molecule has 10 N–H and O–H groups in total. The fourth-order valence-electron chi connectivity index (χ4n) is 4.32. The molecule has 0 aromatic heterocycles. The average Bonchev–Trinajstić information content (AvgIpc) is 2.95. The Balaban J connectivity index is 1.56. The highest BCUT2D eigenvalue weighted by Crippen LogP contribution is 2.28. The molecular weight excluding hydrogens is 552 g/mol. The van der Waals surface area contributed by atoms with Gasteiger partial charge in [-0.3, -0.25) is 0 Å². The summed E-state index contributed by atoms with van der Waals surface area (Å²) in [5.74, 6) is 0. The fraction of sp³-hybridized carbons (Fsp3) is 0.955. The predicted molar refractivity (Wildman–Crippen MR) is 122 cm³/mol. The zero-order chi connectivity index (χ0) is 29.6. The maximum atomic E-state index is 10.3. The molecule has 18 nitrogen and oxygen atoms in total. The topological polar surface area (TPSA) is 284 Å². The molecular formula is C22H38O18. The number of hydrogen-bond acceptors (Lipinski definition) is 18. The van der Waals surface area contributed by atoms with Crippen molar-refractivity contribution in [2.24, 2.45) is 0 Å². The molecule has 3 fully saturated rings. The third-order valence-electron chi connectivity index (χ3n) is 6.73. The normalized spacial score (nSPS) is 46.3. The van der Waals surface area contributed by atoms with Crippen molar-refractivity contribution in [3.8, 4) is 0 Å². The fourth-order valence-corrected chi connectivity index (χ4v) is 4.32. The van der Waals surface area contributed by atoms with Crippen LogP contribution in [0.1, 0.15) is 0 Å². The second-order valence-corrected chi connectivity index (χ2v) is 9.51. The van der Waals surface area contributed by atoms with Gasteiger partial charge in [0, 0.05) is 0 Å². The van der Waals surface area contributed by atoms with Crippen molar-refractivity contribution in [2.75, 3.05) is 39.6 Å². The summed E-state index contributed by atoms with van der Waals surface area (Å²) < 4.78 is 37.1. The van der Waals surface area contributed by atoms with Crippen LogP contribution in [0.25, 0.3) is 0 Å². The van der Waals surface area contributed by atoms with Crippen molar-refractivity contribution < 1.29 is 89.0 Å². The lowest BCUT2D eigenvalue weighted by molar-refractivity contribution is -0.342. The lowest BCUT2D eigenvalue weighted by atomic mass is 9.98. The predicted octanol–water partition coefficient (Wildman–Crippen LogP) is -7.33. The summed E-state index contributed by atoms with van der Waals surface area (Å²) in [7, 11) is 0. The quantitative estimate of drug-likeness (QED) is 0.0704. The van der Waals surface area contributed by atoms with E-state index in [4.69, 9.17) is 33.2 Å². The van der Waals surface area contributed by atoms with Gasteiger partial charge in [0.1, 0.15) is 86.1 Å². The molecule has 0 aromatic rings. The molecule has 3 aliphatic rings. The van der Waals surface area contributed by atoms with E-state index in [1.165, 1.54) is 0 Å². The largest absolute Gasteiger partial charge is 0.394 e. The SMILES string of the molecule is O=CCOCCO[C@@H]1O[C@H](CO[C@@H]2O[C@H](CO[C@@H]3O[C@H](CO)[C@@H](O)[C@H](O)[C@H]3O)[C@@H](O)[C@H](O)[C@H]2O)[C@@H](O)[C@H](O)[C@H]1O. The van der Waals surface area contributed by atoms with E-state index in [0.717, 1.165) is 0 Å². The van der Waals surface area contributed by atoms with Crippen LogP contribution in [0.5, 0.6) is 0 Å². The molecule has 0 unspecified atom stereocenters. The molecule has 3 rings (SSSR count). The molecule has 15 atom stereocenters. The molecule has 0 aliphatic carbocycles. The molecule has 0 radical (unpaired) electrons. The molecule has 3 heterocycles. The Morgan fingerprint density at radius 3 is 1.35 bits per heavy atom. The third kappa shape index (κ3) is 7.88. The van der Waals surface area contributed by atoms with Gasteiger partial charge in [-0.25, -0.2) is 0 Å². The van der Waals surface area contributed by atoms with Gasteiger partial charge in [0.25, 0.3) is 0 Å². The van der Waals surface area contributed by atoms with E-state index in [1.54, 1.807) is 0 Å². The van der Waals surface area contributed by atoms with Crippen LogP contribution in [0, 0.1) is 0 Å². The minimum absolute atomic E-state index is 0.0277. The van der Waals surface area contributed by atoms with Crippen LogP contribution < -0.4 is 0 Å². The summed E-state index contributed by atoms with van der Waals surface area (Å²) in [5.41, 5.74) is 0. The summed E-state index contributed by atoms with van der Waals surface area (Å²) in [5, 5.41) is 101. The van der Waals surface area contributed by atoms with Crippen molar-refractivity contribution in [1.82, 2.24) is 0 Å². The molecule has 18 heteroatoms. The first-order valence-corrected chi connectivity index (χ1v) is 12.6. The Morgan fingerprint density at radius 2 is 0.925 bits per heavy atom. The van der Waals surface area contributed by atoms with Gasteiger partial charge in [0.05, 0.1) is 33.0 Å². The van der Waals surface area contributed by atoms with E-state index in [2.05, 4.69) is 0 Å². The van der Waals surface area contributed by atoms with Gasteiger partial charge < -0.3 is 89.0 Å². The van der Waals surface area contributed by atoms with E-state index < -0.39 is 112 Å². The van der Waals surface area contributed by atoms with E-state index in [-0.39, 0.29) is 19.8 Å². The van der Waals surface area contributed by atoms with E-state index in [9.17, 15) is 55.9 Å². The van der Waals surface area contributed by atoms with Crippen molar-refractivity contribution in [2.45, 2.75) is 92.1 Å². The summed E-state index contributed by atoms with van der Waals surface area (Å²) >= 11 is 0. The first-order valence-electron chi connectivity index (χ1n) is 12.6. The summed E-state index contributed by atoms with van der Waals surface area (Å²) in [6.07, 6.45) is -23.5. The number of aldehydes is 1. The number of aliphatic hydroxyl groups is 10. The lowest BCUT2D eigenvalue weighted by Gasteiger charge is -2.43. The van der Waals surface area contributed by atoms with Gasteiger partial charge in [-0.15, -0.1) is 0 Å². The van der Waals surface area contributed by atoms with Crippen molar-refractivity contribution in [3.63, 3.8) is 0 Å². The highest BCUT2D eigenvalue weighted by atomic mass is 16.7. The Morgan fingerprint density at radius 1 is 0.525 bits per heavy atom. The van der Waals surface area contributed by atoms with Gasteiger partial charge in [0.2, 0.25) is 0 Å². The molecule has 3 saturated heterocycles. The molecule has 0 bridgehead atoms. The number of carbonyl (C=O) groups is 1. The zero-order valence-electron chi connectivity index (χ0n) is 21.2. The van der Waals surface area contributed by atoms with Gasteiger partial charge in [-0.1, -0.05) is 0 Å². The van der Waals surface area contributed by atoms with E-state index in [1.807, 2.05) is 0 Å². The Hall–Kier alpha value is -1.01. The molecule has 0 aromatic carbocycles. The monoisotopic (exact) mass is 590 g/mol. The van der Waals surface area contributed by atoms with Crippen LogP contribution in [-0.4, -0.2) is 189 Å². The summed E-state index contributed by atoms with van der Waals surface area (Å²) in [6.45, 7) is -2.17.